The predicted octanol–water partition coefficient (Wildman–Crippen LogP) is 3.89. The van der Waals surface area contributed by atoms with Crippen LogP contribution in [0.15, 0.2) is 21.5 Å². The van der Waals surface area contributed by atoms with Crippen molar-refractivity contribution in [3.63, 3.8) is 0 Å². The largest absolute Gasteiger partial charge is 0.314 e. The predicted molar refractivity (Wildman–Crippen MR) is 71.9 cm³/mol. The molecule has 1 aromatic rings. The van der Waals surface area contributed by atoms with Crippen LogP contribution in [0.4, 0.5) is 0 Å². The molecule has 0 aliphatic carbocycles. The summed E-state index contributed by atoms with van der Waals surface area (Å²) in [7, 11) is 0. The van der Waals surface area contributed by atoms with Crippen molar-refractivity contribution in [1.82, 2.24) is 4.57 Å². The molecule has 1 aromatic heterocycles. The fourth-order valence-corrected chi connectivity index (χ4v) is 2.38. The molecule has 0 unspecified atom stereocenters. The molecule has 0 bridgehead atoms. The molecule has 0 aliphatic heterocycles. The molecule has 0 aromatic carbocycles. The Morgan fingerprint density at radius 3 is 2.62 bits per heavy atom. The molecule has 90 valence electrons. The van der Waals surface area contributed by atoms with Gasteiger partial charge >= 0.3 is 0 Å². The Morgan fingerprint density at radius 2 is 1.94 bits per heavy atom. The van der Waals surface area contributed by atoms with Gasteiger partial charge in [-0.3, -0.25) is 4.79 Å². The highest BCUT2D eigenvalue weighted by atomic mass is 79.9. The molecule has 0 spiro atoms. The minimum Gasteiger partial charge on any atom is -0.314 e. The molecule has 1 heterocycles. The molecule has 0 atom stereocenters. The van der Waals surface area contributed by atoms with Crippen molar-refractivity contribution in [3.8, 4) is 0 Å². The van der Waals surface area contributed by atoms with Gasteiger partial charge in [0.15, 0.2) is 0 Å². The first-order chi connectivity index (χ1) is 7.65. The Labute approximate surface area is 106 Å². The highest BCUT2D eigenvalue weighted by Gasteiger charge is 2.01. The third kappa shape index (κ3) is 4.12. The topological polar surface area (TPSA) is 22.0 Å². The van der Waals surface area contributed by atoms with Gasteiger partial charge in [0.25, 0.3) is 5.56 Å². The van der Waals surface area contributed by atoms with E-state index in [-0.39, 0.29) is 5.56 Å². The molecule has 0 saturated heterocycles. The third-order valence-corrected chi connectivity index (χ3v) is 3.25. The van der Waals surface area contributed by atoms with Gasteiger partial charge in [0.05, 0.1) is 4.47 Å². The molecule has 3 heteroatoms. The maximum Gasteiger partial charge on any atom is 0.264 e. The summed E-state index contributed by atoms with van der Waals surface area (Å²) in [6.07, 6.45) is 8.08. The second kappa shape index (κ2) is 6.89. The standard InChI is InChI=1S/C13H20BrNO/c1-3-4-5-6-7-8-15-10-11(2)9-12(14)13(15)16/h9-10H,3-8H2,1-2H3. The van der Waals surface area contributed by atoms with Crippen molar-refractivity contribution in [2.24, 2.45) is 0 Å². The van der Waals surface area contributed by atoms with E-state index in [0.717, 1.165) is 18.5 Å². The lowest BCUT2D eigenvalue weighted by atomic mass is 10.1. The van der Waals surface area contributed by atoms with E-state index in [2.05, 4.69) is 22.9 Å². The Morgan fingerprint density at radius 1 is 1.25 bits per heavy atom. The van der Waals surface area contributed by atoms with Crippen LogP contribution in [0.1, 0.15) is 44.6 Å². The monoisotopic (exact) mass is 285 g/mol. The molecule has 0 saturated carbocycles. The number of unbranched alkanes of at least 4 members (excludes halogenated alkanes) is 4. The number of aryl methyl sites for hydroxylation is 2. The van der Waals surface area contributed by atoms with Crippen molar-refractivity contribution >= 4 is 15.9 Å². The Hall–Kier alpha value is -0.570. The average Bonchev–Trinajstić information content (AvgIpc) is 2.24. The SMILES string of the molecule is CCCCCCCn1cc(C)cc(Br)c1=O. The first kappa shape index (κ1) is 13.5. The number of rotatable bonds is 6. The maximum absolute atomic E-state index is 11.8. The van der Waals surface area contributed by atoms with Crippen LogP contribution in [0.5, 0.6) is 0 Å². The average molecular weight is 286 g/mol. The Kier molecular flexibility index (Phi) is 5.81. The molecule has 0 aliphatic rings. The van der Waals surface area contributed by atoms with E-state index >= 15 is 0 Å². The van der Waals surface area contributed by atoms with Gasteiger partial charge in [-0.15, -0.1) is 0 Å². The van der Waals surface area contributed by atoms with Gasteiger partial charge in [-0.2, -0.15) is 0 Å². The van der Waals surface area contributed by atoms with Gasteiger partial charge in [-0.25, -0.2) is 0 Å². The van der Waals surface area contributed by atoms with Crippen LogP contribution in [0.3, 0.4) is 0 Å². The van der Waals surface area contributed by atoms with E-state index in [1.807, 2.05) is 23.8 Å². The van der Waals surface area contributed by atoms with Crippen molar-refractivity contribution in [3.05, 3.63) is 32.7 Å². The number of aromatic nitrogens is 1. The lowest BCUT2D eigenvalue weighted by Gasteiger charge is -2.07. The van der Waals surface area contributed by atoms with Gasteiger partial charge in [-0.05, 0) is 40.9 Å². The van der Waals surface area contributed by atoms with E-state index in [9.17, 15) is 4.79 Å². The summed E-state index contributed by atoms with van der Waals surface area (Å²) in [6.45, 7) is 5.06. The molecular formula is C13H20BrNO. The molecule has 0 fully saturated rings. The van der Waals surface area contributed by atoms with E-state index < -0.39 is 0 Å². The summed E-state index contributed by atoms with van der Waals surface area (Å²) in [5, 5.41) is 0. The van der Waals surface area contributed by atoms with Crippen LogP contribution in [0.25, 0.3) is 0 Å². The Balaban J connectivity index is 2.51. The minimum absolute atomic E-state index is 0.0843. The molecule has 0 N–H and O–H groups in total. The highest BCUT2D eigenvalue weighted by molar-refractivity contribution is 9.10. The van der Waals surface area contributed by atoms with E-state index in [1.54, 1.807) is 0 Å². The summed E-state index contributed by atoms with van der Waals surface area (Å²) >= 11 is 3.30. The number of hydrogen-bond acceptors (Lipinski definition) is 1. The molecule has 1 rings (SSSR count). The van der Waals surface area contributed by atoms with Crippen LogP contribution < -0.4 is 5.56 Å². The summed E-state index contributed by atoms with van der Waals surface area (Å²) < 4.78 is 2.48. The van der Waals surface area contributed by atoms with Gasteiger partial charge in [-0.1, -0.05) is 32.6 Å². The quantitative estimate of drug-likeness (QED) is 0.727. The van der Waals surface area contributed by atoms with Crippen LogP contribution >= 0.6 is 15.9 Å². The fraction of sp³-hybridized carbons (Fsp3) is 0.615. The van der Waals surface area contributed by atoms with E-state index in [1.165, 1.54) is 25.7 Å². The molecule has 0 radical (unpaired) electrons. The summed E-state index contributed by atoms with van der Waals surface area (Å²) in [6, 6.07) is 1.87. The number of hydrogen-bond donors (Lipinski definition) is 0. The van der Waals surface area contributed by atoms with Crippen LogP contribution in [0, 0.1) is 6.92 Å². The number of halogens is 1. The van der Waals surface area contributed by atoms with Crippen molar-refractivity contribution in [2.75, 3.05) is 0 Å². The van der Waals surface area contributed by atoms with Crippen LogP contribution in [-0.4, -0.2) is 4.57 Å². The highest BCUT2D eigenvalue weighted by Crippen LogP contribution is 2.08. The van der Waals surface area contributed by atoms with E-state index in [0.29, 0.717) is 4.47 Å². The molecule has 16 heavy (non-hydrogen) atoms. The third-order valence-electron chi connectivity index (χ3n) is 2.68. The van der Waals surface area contributed by atoms with Crippen LogP contribution in [0.2, 0.25) is 0 Å². The first-order valence-electron chi connectivity index (χ1n) is 6.01. The summed E-state index contributed by atoms with van der Waals surface area (Å²) in [4.78, 5) is 11.8. The lowest BCUT2D eigenvalue weighted by molar-refractivity contribution is 0.556. The number of nitrogens with zero attached hydrogens (tertiary/aromatic N) is 1. The lowest BCUT2D eigenvalue weighted by Crippen LogP contribution is -2.20. The van der Waals surface area contributed by atoms with Crippen molar-refractivity contribution < 1.29 is 0 Å². The van der Waals surface area contributed by atoms with Crippen molar-refractivity contribution in [2.45, 2.75) is 52.5 Å². The summed E-state index contributed by atoms with van der Waals surface area (Å²) in [5.41, 5.74) is 1.21. The summed E-state index contributed by atoms with van der Waals surface area (Å²) in [5.74, 6) is 0. The fourth-order valence-electron chi connectivity index (χ4n) is 1.79. The van der Waals surface area contributed by atoms with E-state index in [4.69, 9.17) is 0 Å². The number of pyridine rings is 1. The minimum atomic E-state index is 0.0843. The second-order valence-corrected chi connectivity index (χ2v) is 5.13. The zero-order valence-electron chi connectivity index (χ0n) is 10.1. The normalized spacial score (nSPS) is 10.7. The zero-order chi connectivity index (χ0) is 12.0. The van der Waals surface area contributed by atoms with Crippen LogP contribution in [-0.2, 0) is 6.54 Å². The van der Waals surface area contributed by atoms with Gasteiger partial charge < -0.3 is 4.57 Å². The zero-order valence-corrected chi connectivity index (χ0v) is 11.7. The molecule has 2 nitrogen and oxygen atoms in total. The van der Waals surface area contributed by atoms with Gasteiger partial charge in [0.1, 0.15) is 0 Å². The molecular weight excluding hydrogens is 266 g/mol. The molecule has 0 amide bonds. The first-order valence-corrected chi connectivity index (χ1v) is 6.81. The van der Waals surface area contributed by atoms with Gasteiger partial charge in [0.2, 0.25) is 0 Å². The van der Waals surface area contributed by atoms with Gasteiger partial charge in [0, 0.05) is 12.7 Å². The smallest absolute Gasteiger partial charge is 0.264 e. The second-order valence-electron chi connectivity index (χ2n) is 4.28. The van der Waals surface area contributed by atoms with Crippen molar-refractivity contribution in [1.29, 1.82) is 0 Å². The Bertz CT molecular complexity index is 384. The maximum atomic E-state index is 11.8.